The van der Waals surface area contributed by atoms with Crippen molar-refractivity contribution in [2.75, 3.05) is 18.1 Å². The molecule has 4 rings (SSSR count). The molecule has 4 atom stereocenters. The van der Waals surface area contributed by atoms with E-state index < -0.39 is 34.9 Å². The minimum atomic E-state index is -1.19. The Labute approximate surface area is 156 Å². The van der Waals surface area contributed by atoms with Gasteiger partial charge < -0.3 is 14.6 Å². The Morgan fingerprint density at radius 2 is 1.96 bits per heavy atom. The van der Waals surface area contributed by atoms with Crippen molar-refractivity contribution in [3.8, 4) is 5.75 Å². The number of hydrogen-bond acceptors (Lipinski definition) is 6. The third-order valence-corrected chi connectivity index (χ3v) is 5.71. The van der Waals surface area contributed by atoms with Crippen molar-refractivity contribution in [3.05, 3.63) is 35.9 Å². The molecular formula is C20H21NO6. The quantitative estimate of drug-likeness (QED) is 0.479. The average Bonchev–Trinajstić information content (AvgIpc) is 3.21. The van der Waals surface area contributed by atoms with Crippen molar-refractivity contribution in [1.82, 2.24) is 0 Å². The maximum Gasteiger partial charge on any atom is 0.241 e. The van der Waals surface area contributed by atoms with E-state index in [-0.39, 0.29) is 18.1 Å². The van der Waals surface area contributed by atoms with Gasteiger partial charge in [-0.3, -0.25) is 14.4 Å². The summed E-state index contributed by atoms with van der Waals surface area (Å²) in [5.41, 5.74) is -1.50. The fourth-order valence-electron chi connectivity index (χ4n) is 4.47. The van der Waals surface area contributed by atoms with E-state index in [2.05, 4.69) is 0 Å². The Balaban J connectivity index is 1.83. The number of carbonyl (C=O) groups is 3. The van der Waals surface area contributed by atoms with Crippen molar-refractivity contribution in [1.29, 1.82) is 0 Å². The monoisotopic (exact) mass is 371 g/mol. The van der Waals surface area contributed by atoms with Crippen LogP contribution in [0.15, 0.2) is 30.4 Å². The molecule has 0 saturated carbocycles. The van der Waals surface area contributed by atoms with Gasteiger partial charge in [0.25, 0.3) is 0 Å². The summed E-state index contributed by atoms with van der Waals surface area (Å²) >= 11 is 0. The number of amides is 2. The normalized spacial score (nSPS) is 33.7. The van der Waals surface area contributed by atoms with Gasteiger partial charge in [-0.2, -0.15) is 0 Å². The van der Waals surface area contributed by atoms with Crippen molar-refractivity contribution in [3.63, 3.8) is 0 Å². The maximum atomic E-state index is 13.3. The Hall–Kier alpha value is -2.51. The molecule has 0 aromatic heterocycles. The van der Waals surface area contributed by atoms with Crippen LogP contribution in [0.5, 0.6) is 5.75 Å². The number of aliphatic hydroxyl groups is 1. The molecule has 142 valence electrons. The number of aliphatic hydroxyl groups excluding tert-OH is 1. The zero-order valence-corrected chi connectivity index (χ0v) is 15.4. The lowest BCUT2D eigenvalue weighted by atomic mass is 9.73. The first-order chi connectivity index (χ1) is 12.8. The molecule has 0 radical (unpaired) electrons. The molecule has 0 spiro atoms. The molecule has 7 nitrogen and oxygen atoms in total. The van der Waals surface area contributed by atoms with Gasteiger partial charge in [-0.1, -0.05) is 12.2 Å². The van der Waals surface area contributed by atoms with Gasteiger partial charge in [-0.05, 0) is 39.0 Å². The van der Waals surface area contributed by atoms with Crippen molar-refractivity contribution in [2.24, 2.45) is 11.8 Å². The van der Waals surface area contributed by atoms with Crippen LogP contribution in [-0.4, -0.2) is 47.1 Å². The highest BCUT2D eigenvalue weighted by Crippen LogP contribution is 2.58. The van der Waals surface area contributed by atoms with Crippen LogP contribution in [0, 0.1) is 11.8 Å². The number of carbonyl (C=O) groups excluding carboxylic acids is 3. The molecule has 1 aromatic rings. The summed E-state index contributed by atoms with van der Waals surface area (Å²) in [5.74, 6) is -2.21. The Bertz CT molecular complexity index is 892. The number of ether oxygens (including phenoxy) is 2. The lowest BCUT2D eigenvalue weighted by molar-refractivity contribution is -0.131. The number of benzene rings is 1. The number of ketones is 1. The van der Waals surface area contributed by atoms with Crippen LogP contribution in [0.3, 0.4) is 0 Å². The summed E-state index contributed by atoms with van der Waals surface area (Å²) in [7, 11) is 0. The summed E-state index contributed by atoms with van der Waals surface area (Å²) in [4.78, 5) is 39.4. The third-order valence-electron chi connectivity index (χ3n) is 5.71. The molecule has 7 heteroatoms. The zero-order chi connectivity index (χ0) is 19.6. The Morgan fingerprint density at radius 1 is 1.26 bits per heavy atom. The maximum absolute atomic E-state index is 13.3. The second-order valence-electron chi connectivity index (χ2n) is 7.37. The minimum absolute atomic E-state index is 0.178. The fourth-order valence-corrected chi connectivity index (χ4v) is 4.47. The molecule has 3 aliphatic heterocycles. The van der Waals surface area contributed by atoms with Crippen LogP contribution in [0.4, 0.5) is 5.69 Å². The van der Waals surface area contributed by atoms with Gasteiger partial charge >= 0.3 is 0 Å². The Morgan fingerprint density at radius 3 is 2.59 bits per heavy atom. The summed E-state index contributed by atoms with van der Waals surface area (Å²) in [6, 6.07) is 4.71. The van der Waals surface area contributed by atoms with Gasteiger partial charge in [-0.25, -0.2) is 4.90 Å². The summed E-state index contributed by atoms with van der Waals surface area (Å²) in [5, 5.41) is 9.89. The van der Waals surface area contributed by atoms with E-state index in [0.717, 1.165) is 4.90 Å². The molecule has 3 heterocycles. The lowest BCUT2D eigenvalue weighted by Gasteiger charge is -2.27. The number of imide groups is 1. The van der Waals surface area contributed by atoms with Gasteiger partial charge in [0, 0.05) is 5.56 Å². The van der Waals surface area contributed by atoms with Crippen molar-refractivity contribution >= 4 is 23.3 Å². The molecule has 2 amide bonds. The Kier molecular flexibility index (Phi) is 3.80. The second kappa shape index (κ2) is 5.74. The van der Waals surface area contributed by atoms with Gasteiger partial charge in [0.2, 0.25) is 11.8 Å². The van der Waals surface area contributed by atoms with Crippen molar-refractivity contribution in [2.45, 2.75) is 32.0 Å². The largest absolute Gasteiger partial charge is 0.492 e. The summed E-state index contributed by atoms with van der Waals surface area (Å²) in [6.07, 6.45) is 3.42. The van der Waals surface area contributed by atoms with E-state index in [9.17, 15) is 19.5 Å². The predicted molar refractivity (Wildman–Crippen MR) is 95.5 cm³/mol. The van der Waals surface area contributed by atoms with Gasteiger partial charge in [-0.15, -0.1) is 0 Å². The highest BCUT2D eigenvalue weighted by atomic mass is 16.5. The van der Waals surface area contributed by atoms with Crippen LogP contribution in [0.1, 0.15) is 31.1 Å². The van der Waals surface area contributed by atoms with E-state index in [1.54, 1.807) is 38.1 Å². The minimum Gasteiger partial charge on any atom is -0.492 e. The molecule has 0 unspecified atom stereocenters. The van der Waals surface area contributed by atoms with E-state index in [1.807, 2.05) is 0 Å². The van der Waals surface area contributed by atoms with Gasteiger partial charge in [0.05, 0.1) is 36.3 Å². The first-order valence-electron chi connectivity index (χ1n) is 8.95. The number of fused-ring (bicyclic) bond motifs is 5. The van der Waals surface area contributed by atoms with Crippen LogP contribution < -0.4 is 9.64 Å². The predicted octanol–water partition coefficient (Wildman–Crippen LogP) is 1.48. The summed E-state index contributed by atoms with van der Waals surface area (Å²) < 4.78 is 11.5. The molecule has 2 bridgehead atoms. The summed E-state index contributed by atoms with van der Waals surface area (Å²) in [6.45, 7) is 4.92. The molecule has 27 heavy (non-hydrogen) atoms. The number of nitrogens with zero attached hydrogens (tertiary/aromatic N) is 1. The lowest BCUT2D eigenvalue weighted by Crippen LogP contribution is -2.43. The van der Waals surface area contributed by atoms with Crippen LogP contribution in [0.25, 0.3) is 0 Å². The zero-order valence-electron chi connectivity index (χ0n) is 15.4. The molecule has 3 aliphatic rings. The molecule has 0 aliphatic carbocycles. The van der Waals surface area contributed by atoms with Crippen LogP contribution >= 0.6 is 0 Å². The SMILES string of the molecule is CCOc1ccc(C(C)=O)cc1N1C(=O)[C@H]2[C@H](C1=O)[C@@]1(CO)C=C[C@@]2(C)O1. The second-order valence-corrected chi connectivity index (χ2v) is 7.37. The molecular weight excluding hydrogens is 350 g/mol. The number of anilines is 1. The standard InChI is InChI=1S/C20H21NO6/c1-4-26-14-6-5-12(11(2)23)9-13(14)21-17(24)15-16(18(21)25)20(10-22)8-7-19(15,3)27-20/h5-9,15-16,22H,4,10H2,1-3H3/t15-,16-,19-,20+/m1/s1. The number of rotatable bonds is 5. The van der Waals surface area contributed by atoms with Crippen LogP contribution in [0.2, 0.25) is 0 Å². The third kappa shape index (κ3) is 2.25. The highest BCUT2D eigenvalue weighted by molar-refractivity contribution is 6.24. The fraction of sp³-hybridized carbons (Fsp3) is 0.450. The van der Waals surface area contributed by atoms with Crippen LogP contribution in [-0.2, 0) is 14.3 Å². The molecule has 2 saturated heterocycles. The number of hydrogen-bond donors (Lipinski definition) is 1. The van der Waals surface area contributed by atoms with Gasteiger partial charge in [0.15, 0.2) is 5.78 Å². The van der Waals surface area contributed by atoms with Crippen molar-refractivity contribution < 1.29 is 29.0 Å². The topological polar surface area (TPSA) is 93.1 Å². The molecule has 2 fully saturated rings. The van der Waals surface area contributed by atoms with Gasteiger partial charge in [0.1, 0.15) is 11.4 Å². The smallest absolute Gasteiger partial charge is 0.241 e. The van der Waals surface area contributed by atoms with E-state index in [4.69, 9.17) is 9.47 Å². The van der Waals surface area contributed by atoms with E-state index in [0.29, 0.717) is 17.9 Å². The first-order valence-corrected chi connectivity index (χ1v) is 8.95. The molecule has 1 aromatic carbocycles. The molecule has 1 N–H and O–H groups in total. The number of Topliss-reactive ketones (excluding diaryl/α,β-unsaturated/α-hetero) is 1. The van der Waals surface area contributed by atoms with E-state index in [1.165, 1.54) is 13.0 Å². The van der Waals surface area contributed by atoms with E-state index >= 15 is 0 Å². The first kappa shape index (κ1) is 17.9. The highest BCUT2D eigenvalue weighted by Gasteiger charge is 2.72. The average molecular weight is 371 g/mol.